The van der Waals surface area contributed by atoms with Crippen molar-refractivity contribution in [2.45, 2.75) is 113 Å². The van der Waals surface area contributed by atoms with Gasteiger partial charge in [0.05, 0.1) is 6.10 Å². The van der Waals surface area contributed by atoms with Crippen molar-refractivity contribution in [3.63, 3.8) is 0 Å². The first-order valence-corrected chi connectivity index (χ1v) is 13.6. The molecule has 4 nitrogen and oxygen atoms in total. The van der Waals surface area contributed by atoms with Gasteiger partial charge >= 0.3 is 0 Å². The highest BCUT2D eigenvalue weighted by atomic mass is 16.3. The van der Waals surface area contributed by atoms with Gasteiger partial charge in [0.2, 0.25) is 0 Å². The van der Waals surface area contributed by atoms with Crippen LogP contribution in [-0.4, -0.2) is 33.3 Å². The SMILES string of the molecule is CC(C)=C(O)[C@@H](O)/C=C(/C)[C@H]1CC[C@]2(C)[C@@H]1C[C@@H](O)[C@@H]1[C@@]3(C)CCC(=O)C(C)(C)[C@@H]3CC[C@]12C. The topological polar surface area (TPSA) is 77.8 Å². The highest BCUT2D eigenvalue weighted by Crippen LogP contribution is 2.75. The van der Waals surface area contributed by atoms with Crippen molar-refractivity contribution < 1.29 is 20.1 Å². The number of hydrogen-bond donors (Lipinski definition) is 3. The highest BCUT2D eigenvalue weighted by molar-refractivity contribution is 5.85. The minimum absolute atomic E-state index is 0.0206. The predicted molar refractivity (Wildman–Crippen MR) is 136 cm³/mol. The maximum atomic E-state index is 12.9. The van der Waals surface area contributed by atoms with Gasteiger partial charge in [0, 0.05) is 11.8 Å². The van der Waals surface area contributed by atoms with Crippen LogP contribution in [0.5, 0.6) is 0 Å². The zero-order valence-electron chi connectivity index (χ0n) is 22.7. The molecule has 0 heterocycles. The van der Waals surface area contributed by atoms with Crippen LogP contribution in [0.3, 0.4) is 0 Å². The molecule has 4 saturated carbocycles. The van der Waals surface area contributed by atoms with Crippen molar-refractivity contribution in [1.82, 2.24) is 0 Å². The number of carbonyl (C=O) groups excluding carboxylic acids is 1. The molecule has 34 heavy (non-hydrogen) atoms. The van der Waals surface area contributed by atoms with Crippen LogP contribution in [-0.2, 0) is 4.79 Å². The van der Waals surface area contributed by atoms with Crippen LogP contribution in [0.25, 0.3) is 0 Å². The minimum Gasteiger partial charge on any atom is -0.509 e. The van der Waals surface area contributed by atoms with E-state index in [1.165, 1.54) is 0 Å². The molecule has 0 bridgehead atoms. The van der Waals surface area contributed by atoms with E-state index in [1.807, 2.05) is 19.9 Å². The Labute approximate surface area is 206 Å². The summed E-state index contributed by atoms with van der Waals surface area (Å²) in [6, 6.07) is 0. The van der Waals surface area contributed by atoms with Crippen molar-refractivity contribution in [2.24, 2.45) is 45.3 Å². The van der Waals surface area contributed by atoms with E-state index in [2.05, 4.69) is 41.5 Å². The highest BCUT2D eigenvalue weighted by Gasteiger charge is 2.70. The molecule has 0 aliphatic heterocycles. The van der Waals surface area contributed by atoms with E-state index >= 15 is 0 Å². The molecule has 0 radical (unpaired) electrons. The molecule has 0 amide bonds. The van der Waals surface area contributed by atoms with Gasteiger partial charge in [0.25, 0.3) is 0 Å². The molecule has 4 aliphatic rings. The quantitative estimate of drug-likeness (QED) is 0.329. The van der Waals surface area contributed by atoms with Gasteiger partial charge in [-0.25, -0.2) is 0 Å². The molecule has 0 aromatic carbocycles. The Hall–Kier alpha value is -1.13. The number of fused-ring (bicyclic) bond motifs is 5. The summed E-state index contributed by atoms with van der Waals surface area (Å²) >= 11 is 0. The Morgan fingerprint density at radius 1 is 1.00 bits per heavy atom. The van der Waals surface area contributed by atoms with Gasteiger partial charge < -0.3 is 15.3 Å². The summed E-state index contributed by atoms with van der Waals surface area (Å²) in [6.45, 7) is 17.3. The van der Waals surface area contributed by atoms with Crippen LogP contribution in [0.1, 0.15) is 100 Å². The summed E-state index contributed by atoms with van der Waals surface area (Å²) in [5.74, 6) is 1.64. The van der Waals surface area contributed by atoms with Crippen molar-refractivity contribution >= 4 is 5.78 Å². The third kappa shape index (κ3) is 3.41. The molecule has 4 rings (SSSR count). The third-order valence-corrected chi connectivity index (χ3v) is 11.9. The van der Waals surface area contributed by atoms with Gasteiger partial charge in [-0.1, -0.05) is 40.2 Å². The average molecular weight is 473 g/mol. The average Bonchev–Trinajstić information content (AvgIpc) is 3.08. The van der Waals surface area contributed by atoms with Gasteiger partial charge in [-0.3, -0.25) is 4.79 Å². The normalized spacial score (nSPS) is 46.8. The van der Waals surface area contributed by atoms with E-state index in [9.17, 15) is 20.1 Å². The lowest BCUT2D eigenvalue weighted by atomic mass is 9.35. The Morgan fingerprint density at radius 3 is 2.24 bits per heavy atom. The number of rotatable bonds is 3. The number of aliphatic hydroxyl groups is 3. The number of aliphatic hydroxyl groups excluding tert-OH is 3. The van der Waals surface area contributed by atoms with Crippen molar-refractivity contribution in [3.05, 3.63) is 23.0 Å². The second-order valence-electron chi connectivity index (χ2n) is 13.9. The largest absolute Gasteiger partial charge is 0.509 e. The lowest BCUT2D eigenvalue weighted by Crippen LogP contribution is -2.66. The van der Waals surface area contributed by atoms with Gasteiger partial charge in [0.1, 0.15) is 17.6 Å². The van der Waals surface area contributed by atoms with Gasteiger partial charge in [-0.15, -0.1) is 0 Å². The molecule has 0 spiro atoms. The standard InChI is InChI=1S/C30H48O4/c1-17(2)25(34)21(31)15-18(3)19-9-13-29(7)20(19)16-22(32)26-28(6)12-11-24(33)27(4,5)23(28)10-14-30(26,29)8/h15,19-23,26,31-32,34H,9-14,16H2,1-8H3/b18-15-/t19-,20-,21+,22-,23+,26-,28+,29-,30-/m1/s1. The van der Waals surface area contributed by atoms with E-state index in [-0.39, 0.29) is 39.4 Å². The fourth-order valence-corrected chi connectivity index (χ4v) is 9.90. The zero-order chi connectivity index (χ0) is 25.4. The van der Waals surface area contributed by atoms with Gasteiger partial charge in [-0.05, 0) is 111 Å². The second-order valence-corrected chi connectivity index (χ2v) is 13.9. The second kappa shape index (κ2) is 8.20. The summed E-state index contributed by atoms with van der Waals surface area (Å²) in [6.07, 6.45) is 7.12. The lowest BCUT2D eigenvalue weighted by molar-refractivity contribution is -0.236. The zero-order valence-corrected chi connectivity index (χ0v) is 22.7. The summed E-state index contributed by atoms with van der Waals surface area (Å²) < 4.78 is 0. The van der Waals surface area contributed by atoms with E-state index < -0.39 is 6.10 Å². The van der Waals surface area contributed by atoms with Crippen molar-refractivity contribution in [2.75, 3.05) is 0 Å². The number of ketones is 1. The van der Waals surface area contributed by atoms with E-state index in [1.54, 1.807) is 0 Å². The molecular weight excluding hydrogens is 424 g/mol. The molecule has 4 fully saturated rings. The Kier molecular flexibility index (Phi) is 6.26. The summed E-state index contributed by atoms with van der Waals surface area (Å²) in [4.78, 5) is 12.9. The predicted octanol–water partition coefficient (Wildman–Crippen LogP) is 6.37. The van der Waals surface area contributed by atoms with E-state index in [4.69, 9.17) is 0 Å². The number of hydrogen-bond acceptors (Lipinski definition) is 4. The molecule has 4 aliphatic carbocycles. The fraction of sp³-hybridized carbons (Fsp3) is 0.833. The first kappa shape index (κ1) is 25.9. The maximum Gasteiger partial charge on any atom is 0.138 e. The lowest BCUT2D eigenvalue weighted by Gasteiger charge is -2.70. The molecule has 0 aromatic rings. The van der Waals surface area contributed by atoms with Crippen LogP contribution in [0.15, 0.2) is 23.0 Å². The summed E-state index contributed by atoms with van der Waals surface area (Å²) in [5.41, 5.74) is 1.66. The first-order valence-electron chi connectivity index (χ1n) is 13.6. The van der Waals surface area contributed by atoms with Crippen molar-refractivity contribution in [1.29, 1.82) is 0 Å². The van der Waals surface area contributed by atoms with Gasteiger partial charge in [-0.2, -0.15) is 0 Å². The Balaban J connectivity index is 1.69. The molecule has 0 unspecified atom stereocenters. The van der Waals surface area contributed by atoms with Crippen LogP contribution < -0.4 is 0 Å². The molecule has 192 valence electrons. The van der Waals surface area contributed by atoms with Gasteiger partial charge in [0.15, 0.2) is 0 Å². The van der Waals surface area contributed by atoms with Crippen LogP contribution in [0.2, 0.25) is 0 Å². The molecule has 3 N–H and O–H groups in total. The first-order chi connectivity index (χ1) is 15.6. The molecule has 9 atom stereocenters. The van der Waals surface area contributed by atoms with Crippen LogP contribution >= 0.6 is 0 Å². The smallest absolute Gasteiger partial charge is 0.138 e. The number of allylic oxidation sites excluding steroid dienone is 2. The third-order valence-electron chi connectivity index (χ3n) is 11.9. The molecule has 0 saturated heterocycles. The summed E-state index contributed by atoms with van der Waals surface area (Å²) in [5, 5.41) is 32.6. The molecule has 0 aromatic heterocycles. The number of Topliss-reactive ketones (excluding diaryl/α,β-unsaturated/α-hetero) is 1. The molecule has 4 heteroatoms. The van der Waals surface area contributed by atoms with Crippen LogP contribution in [0, 0.1) is 45.3 Å². The monoisotopic (exact) mass is 472 g/mol. The Morgan fingerprint density at radius 2 is 1.62 bits per heavy atom. The van der Waals surface area contributed by atoms with Crippen LogP contribution in [0.4, 0.5) is 0 Å². The van der Waals surface area contributed by atoms with E-state index in [0.717, 1.165) is 49.7 Å². The van der Waals surface area contributed by atoms with Crippen molar-refractivity contribution in [3.8, 4) is 0 Å². The fourth-order valence-electron chi connectivity index (χ4n) is 9.90. The minimum atomic E-state index is -0.968. The number of carbonyl (C=O) groups is 1. The Bertz CT molecular complexity index is 911. The van der Waals surface area contributed by atoms with E-state index in [0.29, 0.717) is 30.0 Å². The maximum absolute atomic E-state index is 12.9. The molecular formula is C30H48O4. The summed E-state index contributed by atoms with van der Waals surface area (Å²) in [7, 11) is 0.